The van der Waals surface area contributed by atoms with Crippen LogP contribution < -0.4 is 5.32 Å². The molecule has 0 amide bonds. The second kappa shape index (κ2) is 4.82. The molecule has 0 spiro atoms. The summed E-state index contributed by atoms with van der Waals surface area (Å²) < 4.78 is 0. The Morgan fingerprint density at radius 1 is 1.29 bits per heavy atom. The van der Waals surface area contributed by atoms with Gasteiger partial charge >= 0.3 is 5.97 Å². The summed E-state index contributed by atoms with van der Waals surface area (Å²) in [7, 11) is 0. The summed E-state index contributed by atoms with van der Waals surface area (Å²) in [4.78, 5) is 22.0. The molecule has 0 bridgehead atoms. The van der Waals surface area contributed by atoms with Gasteiger partial charge in [0.15, 0.2) is 5.78 Å². The molecule has 0 radical (unpaired) electrons. The van der Waals surface area contributed by atoms with Crippen molar-refractivity contribution < 1.29 is 14.7 Å². The number of anilines is 1. The second-order valence-corrected chi connectivity index (χ2v) is 3.94. The van der Waals surface area contributed by atoms with E-state index in [1.54, 1.807) is 12.1 Å². The van der Waals surface area contributed by atoms with Crippen molar-refractivity contribution in [3.05, 3.63) is 41.5 Å². The number of carboxylic acids is 1. The molecule has 0 aromatic heterocycles. The Bertz CT molecular complexity index is 491. The zero-order valence-corrected chi connectivity index (χ0v) is 9.27. The van der Waals surface area contributed by atoms with Gasteiger partial charge in [-0.3, -0.25) is 4.79 Å². The number of hydrogen-bond acceptors (Lipinski definition) is 3. The van der Waals surface area contributed by atoms with Gasteiger partial charge in [-0.15, -0.1) is 0 Å². The maximum absolute atomic E-state index is 11.7. The Balaban J connectivity index is 2.22. The minimum absolute atomic E-state index is 0.289. The van der Waals surface area contributed by atoms with Gasteiger partial charge < -0.3 is 10.4 Å². The standard InChI is InChI=1S/C13H13NO3/c15-12(5-6-13(16)17)10-4-3-9-2-1-7-14-11(9)8-10/h3-6,8,14H,1-2,7H2,(H,16,17)/b6-5+. The van der Waals surface area contributed by atoms with Crippen LogP contribution >= 0.6 is 0 Å². The molecule has 1 aromatic rings. The van der Waals surface area contributed by atoms with Crippen LogP contribution in [0, 0.1) is 0 Å². The quantitative estimate of drug-likeness (QED) is 0.615. The van der Waals surface area contributed by atoms with Crippen LogP contribution in [-0.2, 0) is 11.2 Å². The van der Waals surface area contributed by atoms with Crippen LogP contribution in [0.5, 0.6) is 0 Å². The van der Waals surface area contributed by atoms with E-state index in [1.807, 2.05) is 6.07 Å². The van der Waals surface area contributed by atoms with Gasteiger partial charge in [-0.05, 0) is 30.5 Å². The third kappa shape index (κ3) is 2.72. The number of aryl methyl sites for hydroxylation is 1. The lowest BCUT2D eigenvalue weighted by molar-refractivity contribution is -0.131. The predicted molar refractivity (Wildman–Crippen MR) is 64.4 cm³/mol. The van der Waals surface area contributed by atoms with E-state index in [2.05, 4.69) is 5.32 Å². The third-order valence-corrected chi connectivity index (χ3v) is 2.71. The van der Waals surface area contributed by atoms with Gasteiger partial charge in [0, 0.05) is 23.9 Å². The van der Waals surface area contributed by atoms with Gasteiger partial charge in [0.05, 0.1) is 0 Å². The van der Waals surface area contributed by atoms with Crippen LogP contribution in [0.15, 0.2) is 30.4 Å². The topological polar surface area (TPSA) is 66.4 Å². The highest BCUT2D eigenvalue weighted by molar-refractivity contribution is 6.07. The van der Waals surface area contributed by atoms with Crippen LogP contribution in [0.1, 0.15) is 22.3 Å². The smallest absolute Gasteiger partial charge is 0.328 e. The fraction of sp³-hybridized carbons (Fsp3) is 0.231. The molecular formula is C13H13NO3. The van der Waals surface area contributed by atoms with E-state index in [4.69, 9.17) is 5.11 Å². The molecule has 4 nitrogen and oxygen atoms in total. The zero-order chi connectivity index (χ0) is 12.3. The van der Waals surface area contributed by atoms with Gasteiger partial charge in [0.2, 0.25) is 0 Å². The molecule has 1 aromatic carbocycles. The molecule has 1 aliphatic rings. The summed E-state index contributed by atoms with van der Waals surface area (Å²) in [6, 6.07) is 5.44. The Morgan fingerprint density at radius 3 is 2.88 bits per heavy atom. The number of ketones is 1. The van der Waals surface area contributed by atoms with Crippen molar-refractivity contribution in [2.45, 2.75) is 12.8 Å². The highest BCUT2D eigenvalue weighted by Gasteiger charge is 2.11. The molecule has 0 fully saturated rings. The van der Waals surface area contributed by atoms with Crippen molar-refractivity contribution in [3.8, 4) is 0 Å². The minimum Gasteiger partial charge on any atom is -0.478 e. The van der Waals surface area contributed by atoms with Crippen LogP contribution in [-0.4, -0.2) is 23.4 Å². The number of aliphatic carboxylic acids is 1. The summed E-state index contributed by atoms with van der Waals surface area (Å²) >= 11 is 0. The minimum atomic E-state index is -1.12. The summed E-state index contributed by atoms with van der Waals surface area (Å²) in [5.41, 5.74) is 2.69. The van der Waals surface area contributed by atoms with Gasteiger partial charge in [-0.2, -0.15) is 0 Å². The van der Waals surface area contributed by atoms with Gasteiger partial charge in [0.1, 0.15) is 0 Å². The van der Waals surface area contributed by atoms with Crippen molar-refractivity contribution >= 4 is 17.4 Å². The molecule has 88 valence electrons. The van der Waals surface area contributed by atoms with E-state index in [1.165, 1.54) is 5.56 Å². The van der Waals surface area contributed by atoms with Crippen LogP contribution in [0.2, 0.25) is 0 Å². The zero-order valence-electron chi connectivity index (χ0n) is 9.27. The normalized spacial score (nSPS) is 14.1. The van der Waals surface area contributed by atoms with E-state index in [9.17, 15) is 9.59 Å². The SMILES string of the molecule is O=C(O)/C=C/C(=O)c1ccc2c(c1)NCCC2. The molecule has 2 rings (SSSR count). The summed E-state index contributed by atoms with van der Waals surface area (Å²) in [6.45, 7) is 0.912. The fourth-order valence-electron chi connectivity index (χ4n) is 1.86. The monoisotopic (exact) mass is 231 g/mol. The third-order valence-electron chi connectivity index (χ3n) is 2.71. The van der Waals surface area contributed by atoms with Gasteiger partial charge in [-0.1, -0.05) is 12.1 Å². The van der Waals surface area contributed by atoms with Crippen LogP contribution in [0.3, 0.4) is 0 Å². The highest BCUT2D eigenvalue weighted by atomic mass is 16.4. The van der Waals surface area contributed by atoms with Gasteiger partial charge in [-0.25, -0.2) is 4.79 Å². The van der Waals surface area contributed by atoms with E-state index in [0.29, 0.717) is 5.56 Å². The van der Waals surface area contributed by atoms with E-state index < -0.39 is 5.97 Å². The van der Waals surface area contributed by atoms with Crippen molar-refractivity contribution in [1.29, 1.82) is 0 Å². The van der Waals surface area contributed by atoms with Crippen molar-refractivity contribution in [2.24, 2.45) is 0 Å². The number of allylic oxidation sites excluding steroid dienone is 1. The molecular weight excluding hydrogens is 218 g/mol. The first-order valence-corrected chi connectivity index (χ1v) is 5.49. The molecule has 0 atom stereocenters. The fourth-order valence-corrected chi connectivity index (χ4v) is 1.86. The van der Waals surface area contributed by atoms with Crippen molar-refractivity contribution in [1.82, 2.24) is 0 Å². The maximum Gasteiger partial charge on any atom is 0.328 e. The Labute approximate surface area is 99.0 Å². The summed E-state index contributed by atoms with van der Waals surface area (Å²) in [5.74, 6) is -1.41. The number of benzene rings is 1. The highest BCUT2D eigenvalue weighted by Crippen LogP contribution is 2.23. The molecule has 1 aliphatic heterocycles. The summed E-state index contributed by atoms with van der Waals surface area (Å²) in [5, 5.41) is 11.7. The molecule has 1 heterocycles. The molecule has 2 N–H and O–H groups in total. The average Bonchev–Trinajstić information content (AvgIpc) is 2.35. The lowest BCUT2D eigenvalue weighted by Gasteiger charge is -2.18. The van der Waals surface area contributed by atoms with Crippen LogP contribution in [0.4, 0.5) is 5.69 Å². The number of rotatable bonds is 3. The average molecular weight is 231 g/mol. The molecule has 17 heavy (non-hydrogen) atoms. The number of hydrogen-bond donors (Lipinski definition) is 2. The van der Waals surface area contributed by atoms with Gasteiger partial charge in [0.25, 0.3) is 0 Å². The Kier molecular flexibility index (Phi) is 3.23. The van der Waals surface area contributed by atoms with E-state index in [0.717, 1.165) is 37.2 Å². The van der Waals surface area contributed by atoms with E-state index in [-0.39, 0.29) is 5.78 Å². The molecule has 0 unspecified atom stereocenters. The first kappa shape index (κ1) is 11.4. The summed E-state index contributed by atoms with van der Waals surface area (Å²) in [6.07, 6.45) is 4.04. The maximum atomic E-state index is 11.7. The Hall–Kier alpha value is -2.10. The first-order chi connectivity index (χ1) is 8.16. The largest absolute Gasteiger partial charge is 0.478 e. The lowest BCUT2D eigenvalue weighted by atomic mass is 9.99. The number of carbonyl (C=O) groups excluding carboxylic acids is 1. The number of carboxylic acid groups (broad SMARTS) is 1. The molecule has 0 saturated carbocycles. The van der Waals surface area contributed by atoms with E-state index >= 15 is 0 Å². The Morgan fingerprint density at radius 2 is 2.12 bits per heavy atom. The number of carbonyl (C=O) groups is 2. The molecule has 4 heteroatoms. The lowest BCUT2D eigenvalue weighted by Crippen LogP contribution is -2.12. The molecule has 0 aliphatic carbocycles. The first-order valence-electron chi connectivity index (χ1n) is 5.49. The number of nitrogens with one attached hydrogen (secondary N) is 1. The second-order valence-electron chi connectivity index (χ2n) is 3.94. The number of fused-ring (bicyclic) bond motifs is 1. The van der Waals surface area contributed by atoms with Crippen LogP contribution in [0.25, 0.3) is 0 Å². The molecule has 0 saturated heterocycles. The van der Waals surface area contributed by atoms with Crippen molar-refractivity contribution in [2.75, 3.05) is 11.9 Å². The van der Waals surface area contributed by atoms with Crippen molar-refractivity contribution in [3.63, 3.8) is 0 Å². The predicted octanol–water partition coefficient (Wildman–Crippen LogP) is 1.87.